The summed E-state index contributed by atoms with van der Waals surface area (Å²) >= 11 is 6.19. The fourth-order valence-electron chi connectivity index (χ4n) is 5.59. The van der Waals surface area contributed by atoms with Crippen LogP contribution in [0.15, 0.2) is 18.2 Å². The SMILES string of the molecule is CCN(CC)C(=O)C1CCCN(C(=O)CCC(=O)Nc2ccc(Cl)cc2C(=O)N2C[C@H](C)C[C@H](C)C2)C1. The normalized spacial score (nSPS) is 21.9. The summed E-state index contributed by atoms with van der Waals surface area (Å²) in [5.74, 6) is 0.116. The molecule has 37 heavy (non-hydrogen) atoms. The summed E-state index contributed by atoms with van der Waals surface area (Å²) < 4.78 is 0. The molecule has 0 spiro atoms. The molecule has 3 rings (SSSR count). The fraction of sp³-hybridized carbons (Fsp3) is 0.643. The van der Waals surface area contributed by atoms with E-state index in [4.69, 9.17) is 11.6 Å². The Bertz CT molecular complexity index is 986. The third kappa shape index (κ3) is 7.69. The largest absolute Gasteiger partial charge is 0.343 e. The molecule has 1 unspecified atom stereocenters. The molecule has 0 aliphatic carbocycles. The van der Waals surface area contributed by atoms with Crippen LogP contribution in [0.2, 0.25) is 5.02 Å². The van der Waals surface area contributed by atoms with Gasteiger partial charge in [-0.15, -0.1) is 0 Å². The van der Waals surface area contributed by atoms with E-state index >= 15 is 0 Å². The van der Waals surface area contributed by atoms with Crippen LogP contribution >= 0.6 is 11.6 Å². The smallest absolute Gasteiger partial charge is 0.256 e. The molecule has 9 heteroatoms. The number of benzene rings is 1. The average molecular weight is 533 g/mol. The van der Waals surface area contributed by atoms with Crippen LogP contribution in [0.5, 0.6) is 0 Å². The van der Waals surface area contributed by atoms with Gasteiger partial charge in [0.15, 0.2) is 0 Å². The van der Waals surface area contributed by atoms with Gasteiger partial charge < -0.3 is 20.0 Å². The lowest BCUT2D eigenvalue weighted by Gasteiger charge is -2.35. The number of amides is 4. The number of halogens is 1. The third-order valence-corrected chi connectivity index (χ3v) is 7.64. The number of carbonyl (C=O) groups is 4. The first-order chi connectivity index (χ1) is 17.6. The first-order valence-corrected chi connectivity index (χ1v) is 14.0. The van der Waals surface area contributed by atoms with Crippen molar-refractivity contribution in [3.05, 3.63) is 28.8 Å². The Morgan fingerprint density at radius 1 is 1.00 bits per heavy atom. The Labute approximate surface area is 225 Å². The molecule has 3 atom stereocenters. The highest BCUT2D eigenvalue weighted by Crippen LogP contribution is 2.27. The minimum atomic E-state index is -0.335. The first kappa shape index (κ1) is 29.0. The van der Waals surface area contributed by atoms with Gasteiger partial charge in [-0.25, -0.2) is 0 Å². The predicted molar refractivity (Wildman–Crippen MR) is 145 cm³/mol. The van der Waals surface area contributed by atoms with Crippen LogP contribution < -0.4 is 5.32 Å². The average Bonchev–Trinajstić information content (AvgIpc) is 2.88. The van der Waals surface area contributed by atoms with Crippen LogP contribution in [0.3, 0.4) is 0 Å². The third-order valence-electron chi connectivity index (χ3n) is 7.41. The van der Waals surface area contributed by atoms with E-state index in [2.05, 4.69) is 19.2 Å². The molecule has 2 saturated heterocycles. The number of likely N-dealkylation sites (tertiary alicyclic amines) is 2. The molecule has 0 saturated carbocycles. The summed E-state index contributed by atoms with van der Waals surface area (Å²) in [4.78, 5) is 57.0. The Morgan fingerprint density at radius 3 is 2.32 bits per heavy atom. The zero-order chi connectivity index (χ0) is 27.1. The van der Waals surface area contributed by atoms with Gasteiger partial charge in [-0.2, -0.15) is 0 Å². The summed E-state index contributed by atoms with van der Waals surface area (Å²) in [6.45, 7) is 11.9. The summed E-state index contributed by atoms with van der Waals surface area (Å²) in [6.07, 6.45) is 2.69. The second-order valence-electron chi connectivity index (χ2n) is 10.6. The molecule has 2 heterocycles. The van der Waals surface area contributed by atoms with Gasteiger partial charge in [0.2, 0.25) is 17.7 Å². The van der Waals surface area contributed by atoms with E-state index in [1.807, 2.05) is 23.6 Å². The van der Waals surface area contributed by atoms with E-state index < -0.39 is 0 Å². The number of hydrogen-bond donors (Lipinski definition) is 1. The Kier molecular flexibility index (Phi) is 10.4. The zero-order valence-electron chi connectivity index (χ0n) is 22.6. The molecule has 1 aromatic carbocycles. The van der Waals surface area contributed by atoms with Crippen molar-refractivity contribution in [2.75, 3.05) is 44.6 Å². The van der Waals surface area contributed by atoms with Gasteiger partial charge in [0.25, 0.3) is 5.91 Å². The first-order valence-electron chi connectivity index (χ1n) is 13.6. The molecule has 2 aliphatic heterocycles. The summed E-state index contributed by atoms with van der Waals surface area (Å²) in [5, 5.41) is 3.24. The molecule has 8 nitrogen and oxygen atoms in total. The molecule has 1 N–H and O–H groups in total. The molecule has 204 valence electrons. The van der Waals surface area contributed by atoms with E-state index in [1.165, 1.54) is 0 Å². The van der Waals surface area contributed by atoms with Crippen LogP contribution in [0.4, 0.5) is 5.69 Å². The maximum absolute atomic E-state index is 13.3. The maximum Gasteiger partial charge on any atom is 0.256 e. The van der Waals surface area contributed by atoms with Crippen LogP contribution in [0.1, 0.15) is 70.2 Å². The lowest BCUT2D eigenvalue weighted by atomic mass is 9.91. The highest BCUT2D eigenvalue weighted by Gasteiger charge is 2.31. The second-order valence-corrected chi connectivity index (χ2v) is 11.0. The van der Waals surface area contributed by atoms with Crippen molar-refractivity contribution in [2.45, 2.75) is 59.8 Å². The summed E-state index contributed by atoms with van der Waals surface area (Å²) in [5.41, 5.74) is 0.767. The highest BCUT2D eigenvalue weighted by atomic mass is 35.5. The van der Waals surface area contributed by atoms with Crippen LogP contribution in [0, 0.1) is 17.8 Å². The molecule has 1 aromatic rings. The van der Waals surface area contributed by atoms with Gasteiger partial charge in [-0.1, -0.05) is 25.4 Å². The number of rotatable bonds is 8. The molecule has 0 radical (unpaired) electrons. The van der Waals surface area contributed by atoms with E-state index in [1.54, 1.807) is 23.1 Å². The van der Waals surface area contributed by atoms with E-state index in [0.29, 0.717) is 67.4 Å². The summed E-state index contributed by atoms with van der Waals surface area (Å²) in [7, 11) is 0. The molecular formula is C28H41ClN4O4. The van der Waals surface area contributed by atoms with Crippen molar-refractivity contribution in [3.8, 4) is 0 Å². The van der Waals surface area contributed by atoms with Gasteiger partial charge in [0, 0.05) is 57.1 Å². The predicted octanol–water partition coefficient (Wildman–Crippen LogP) is 4.28. The lowest BCUT2D eigenvalue weighted by Crippen LogP contribution is -2.46. The number of nitrogens with one attached hydrogen (secondary N) is 1. The standard InChI is InChI=1S/C28H41ClN4O4/c1-5-31(6-2)27(36)21-8-7-13-32(18-21)26(35)12-11-25(34)30-24-10-9-22(29)15-23(24)28(37)33-16-19(3)14-20(4)17-33/h9-10,15,19-21H,5-8,11-14,16-18H2,1-4H3,(H,30,34)/t19-,20+,21?. The van der Waals surface area contributed by atoms with Gasteiger partial charge in [-0.05, 0) is 63.1 Å². The van der Waals surface area contributed by atoms with E-state index in [0.717, 1.165) is 19.3 Å². The molecule has 4 amide bonds. The number of nitrogens with zero attached hydrogens (tertiary/aromatic N) is 3. The van der Waals surface area contributed by atoms with Crippen molar-refractivity contribution < 1.29 is 19.2 Å². The van der Waals surface area contributed by atoms with Crippen molar-refractivity contribution >= 4 is 40.9 Å². The Hall–Kier alpha value is -2.61. The topological polar surface area (TPSA) is 90.0 Å². The zero-order valence-corrected chi connectivity index (χ0v) is 23.4. The van der Waals surface area contributed by atoms with Crippen molar-refractivity contribution in [1.29, 1.82) is 0 Å². The number of carbonyl (C=O) groups excluding carboxylic acids is 4. The maximum atomic E-state index is 13.3. The molecule has 0 aromatic heterocycles. The van der Waals surface area contributed by atoms with Crippen molar-refractivity contribution in [3.63, 3.8) is 0 Å². The van der Waals surface area contributed by atoms with E-state index in [9.17, 15) is 19.2 Å². The van der Waals surface area contributed by atoms with Gasteiger partial charge in [-0.3, -0.25) is 19.2 Å². The van der Waals surface area contributed by atoms with Crippen molar-refractivity contribution in [2.24, 2.45) is 17.8 Å². The molecule has 0 bridgehead atoms. The van der Waals surface area contributed by atoms with Crippen molar-refractivity contribution in [1.82, 2.24) is 14.7 Å². The second kappa shape index (κ2) is 13.3. The quantitative estimate of drug-likeness (QED) is 0.541. The Balaban J connectivity index is 1.58. The number of hydrogen-bond acceptors (Lipinski definition) is 4. The van der Waals surface area contributed by atoms with Crippen LogP contribution in [-0.4, -0.2) is 77.6 Å². The highest BCUT2D eigenvalue weighted by molar-refractivity contribution is 6.31. The monoisotopic (exact) mass is 532 g/mol. The van der Waals surface area contributed by atoms with Gasteiger partial charge >= 0.3 is 0 Å². The summed E-state index contributed by atoms with van der Waals surface area (Å²) in [6, 6.07) is 4.87. The lowest BCUT2D eigenvalue weighted by molar-refractivity contribution is -0.141. The Morgan fingerprint density at radius 2 is 1.68 bits per heavy atom. The molecule has 2 aliphatic rings. The minimum Gasteiger partial charge on any atom is -0.343 e. The molecule has 2 fully saturated rings. The van der Waals surface area contributed by atoms with Gasteiger partial charge in [0.05, 0.1) is 17.2 Å². The number of anilines is 1. The van der Waals surface area contributed by atoms with Crippen LogP contribution in [-0.2, 0) is 14.4 Å². The minimum absolute atomic E-state index is 0.00195. The number of piperidine rings is 2. The van der Waals surface area contributed by atoms with Gasteiger partial charge in [0.1, 0.15) is 0 Å². The van der Waals surface area contributed by atoms with Crippen LogP contribution in [0.25, 0.3) is 0 Å². The molecular weight excluding hydrogens is 492 g/mol. The van der Waals surface area contributed by atoms with E-state index in [-0.39, 0.29) is 42.4 Å². The fourth-order valence-corrected chi connectivity index (χ4v) is 5.76.